The molecule has 1 N–H and O–H groups in total. The Morgan fingerprint density at radius 1 is 1.33 bits per heavy atom. The van der Waals surface area contributed by atoms with E-state index in [1.807, 2.05) is 6.92 Å². The van der Waals surface area contributed by atoms with Crippen LogP contribution in [0.15, 0.2) is 0 Å². The zero-order chi connectivity index (χ0) is 13.0. The van der Waals surface area contributed by atoms with Gasteiger partial charge in [0.1, 0.15) is 6.04 Å². The molecule has 0 aliphatic heterocycles. The largest absolute Gasteiger partial charge is 0.465 e. The highest BCUT2D eigenvalue weighted by Gasteiger charge is 2.39. The molecule has 0 aromatic heterocycles. The van der Waals surface area contributed by atoms with E-state index in [4.69, 9.17) is 4.74 Å². The fourth-order valence-corrected chi connectivity index (χ4v) is 3.75. The summed E-state index contributed by atoms with van der Waals surface area (Å²) in [5.74, 6) is 2.64. The van der Waals surface area contributed by atoms with Crippen molar-refractivity contribution < 1.29 is 9.53 Å². The van der Waals surface area contributed by atoms with Crippen LogP contribution < -0.4 is 5.32 Å². The summed E-state index contributed by atoms with van der Waals surface area (Å²) in [6.07, 6.45) is 7.57. The fourth-order valence-electron chi connectivity index (χ4n) is 3.75. The minimum absolute atomic E-state index is 0.0671. The summed E-state index contributed by atoms with van der Waals surface area (Å²) in [4.78, 5) is 11.8. The maximum atomic E-state index is 11.8. The van der Waals surface area contributed by atoms with Gasteiger partial charge >= 0.3 is 5.97 Å². The topological polar surface area (TPSA) is 38.3 Å². The Kier molecular flexibility index (Phi) is 5.04. The van der Waals surface area contributed by atoms with E-state index in [-0.39, 0.29) is 12.0 Å². The van der Waals surface area contributed by atoms with Gasteiger partial charge in [-0.25, -0.2) is 0 Å². The van der Waals surface area contributed by atoms with Crippen LogP contribution in [-0.4, -0.2) is 25.2 Å². The molecular formula is C15H27NO2. The number of nitrogens with one attached hydrogen (secondary N) is 1. The number of hydrogen-bond donors (Lipinski definition) is 1. The van der Waals surface area contributed by atoms with Crippen molar-refractivity contribution >= 4 is 5.97 Å². The van der Waals surface area contributed by atoms with Crippen molar-refractivity contribution in [1.29, 1.82) is 0 Å². The lowest BCUT2D eigenvalue weighted by Gasteiger charge is -2.24. The van der Waals surface area contributed by atoms with Crippen LogP contribution >= 0.6 is 0 Å². The predicted molar refractivity (Wildman–Crippen MR) is 72.3 cm³/mol. The molecule has 104 valence electrons. The normalized spacial score (nSPS) is 31.6. The number of rotatable bonds is 7. The lowest BCUT2D eigenvalue weighted by Crippen LogP contribution is -2.41. The van der Waals surface area contributed by atoms with Gasteiger partial charge in [0.15, 0.2) is 0 Å². The van der Waals surface area contributed by atoms with Gasteiger partial charge in [-0.3, -0.25) is 4.79 Å². The molecule has 2 bridgehead atoms. The van der Waals surface area contributed by atoms with Crippen LogP contribution in [0, 0.1) is 17.8 Å². The van der Waals surface area contributed by atoms with Crippen molar-refractivity contribution in [3.05, 3.63) is 0 Å². The maximum absolute atomic E-state index is 11.8. The summed E-state index contributed by atoms with van der Waals surface area (Å²) < 4.78 is 5.13. The third-order valence-electron chi connectivity index (χ3n) is 4.66. The summed E-state index contributed by atoms with van der Waals surface area (Å²) in [6.45, 7) is 5.47. The molecule has 0 amide bonds. The maximum Gasteiger partial charge on any atom is 0.323 e. The van der Waals surface area contributed by atoms with Crippen LogP contribution in [0.3, 0.4) is 0 Å². The van der Waals surface area contributed by atoms with E-state index in [1.165, 1.54) is 25.7 Å². The smallest absolute Gasteiger partial charge is 0.323 e. The molecule has 0 radical (unpaired) electrons. The van der Waals surface area contributed by atoms with E-state index in [0.29, 0.717) is 6.61 Å². The molecule has 0 spiro atoms. The number of carbonyl (C=O) groups is 1. The first-order chi connectivity index (χ1) is 8.74. The molecule has 0 aromatic rings. The molecule has 2 aliphatic rings. The van der Waals surface area contributed by atoms with Gasteiger partial charge in [-0.1, -0.05) is 19.8 Å². The Labute approximate surface area is 111 Å². The molecular weight excluding hydrogens is 226 g/mol. The average molecular weight is 253 g/mol. The molecule has 4 unspecified atom stereocenters. The summed E-state index contributed by atoms with van der Waals surface area (Å²) in [5.41, 5.74) is 0. The highest BCUT2D eigenvalue weighted by atomic mass is 16.5. The number of ether oxygens (including phenoxy) is 1. The number of esters is 1. The number of fused-ring (bicyclic) bond motifs is 2. The van der Waals surface area contributed by atoms with Gasteiger partial charge in [-0.2, -0.15) is 0 Å². The van der Waals surface area contributed by atoms with Crippen LogP contribution in [0.4, 0.5) is 0 Å². The highest BCUT2D eigenvalue weighted by molar-refractivity contribution is 5.75. The van der Waals surface area contributed by atoms with Gasteiger partial charge < -0.3 is 10.1 Å². The minimum atomic E-state index is -0.0888. The molecule has 3 nitrogen and oxygen atoms in total. The van der Waals surface area contributed by atoms with E-state index in [2.05, 4.69) is 12.2 Å². The second kappa shape index (κ2) is 6.55. The highest BCUT2D eigenvalue weighted by Crippen LogP contribution is 2.47. The van der Waals surface area contributed by atoms with E-state index in [9.17, 15) is 4.79 Å². The first-order valence-electron chi connectivity index (χ1n) is 7.64. The van der Waals surface area contributed by atoms with Crippen LogP contribution in [0.25, 0.3) is 0 Å². The van der Waals surface area contributed by atoms with Crippen molar-refractivity contribution in [2.75, 3.05) is 13.2 Å². The van der Waals surface area contributed by atoms with E-state index in [0.717, 1.165) is 37.1 Å². The first-order valence-corrected chi connectivity index (χ1v) is 7.64. The number of hydrogen-bond acceptors (Lipinski definition) is 3. The Morgan fingerprint density at radius 3 is 2.72 bits per heavy atom. The summed E-state index contributed by atoms with van der Waals surface area (Å²) in [5, 5.41) is 3.46. The average Bonchev–Trinajstić information content (AvgIpc) is 2.96. The molecule has 4 atom stereocenters. The molecule has 3 heteroatoms. The lowest BCUT2D eigenvalue weighted by atomic mass is 9.88. The SMILES string of the molecule is CCCC(NCC1CC2CCC1C2)C(=O)OCC. The Morgan fingerprint density at radius 2 is 2.17 bits per heavy atom. The minimum Gasteiger partial charge on any atom is -0.465 e. The summed E-state index contributed by atoms with van der Waals surface area (Å²) in [7, 11) is 0. The molecule has 2 aliphatic carbocycles. The quantitative estimate of drug-likeness (QED) is 0.709. The molecule has 0 saturated heterocycles. The van der Waals surface area contributed by atoms with Crippen molar-refractivity contribution in [3.63, 3.8) is 0 Å². The molecule has 2 rings (SSSR count). The molecule has 0 heterocycles. The zero-order valence-electron chi connectivity index (χ0n) is 11.8. The Hall–Kier alpha value is -0.570. The van der Waals surface area contributed by atoms with E-state index >= 15 is 0 Å². The van der Waals surface area contributed by atoms with Crippen molar-refractivity contribution in [2.45, 2.75) is 58.4 Å². The lowest BCUT2D eigenvalue weighted by molar-refractivity contribution is -0.145. The second-order valence-electron chi connectivity index (χ2n) is 5.94. The van der Waals surface area contributed by atoms with Crippen molar-refractivity contribution in [2.24, 2.45) is 17.8 Å². The summed E-state index contributed by atoms with van der Waals surface area (Å²) >= 11 is 0. The van der Waals surface area contributed by atoms with Gasteiger partial charge in [-0.15, -0.1) is 0 Å². The van der Waals surface area contributed by atoms with Gasteiger partial charge in [-0.05, 0) is 56.9 Å². The molecule has 2 fully saturated rings. The molecule has 2 saturated carbocycles. The van der Waals surface area contributed by atoms with Gasteiger partial charge in [0, 0.05) is 0 Å². The van der Waals surface area contributed by atoms with Crippen LogP contribution in [0.2, 0.25) is 0 Å². The van der Waals surface area contributed by atoms with Crippen molar-refractivity contribution in [1.82, 2.24) is 5.32 Å². The van der Waals surface area contributed by atoms with Gasteiger partial charge in [0.2, 0.25) is 0 Å². The van der Waals surface area contributed by atoms with Crippen LogP contribution in [-0.2, 0) is 9.53 Å². The van der Waals surface area contributed by atoms with E-state index < -0.39 is 0 Å². The third-order valence-corrected chi connectivity index (χ3v) is 4.66. The first kappa shape index (κ1) is 13.9. The Balaban J connectivity index is 1.76. The predicted octanol–water partition coefficient (Wildman–Crippen LogP) is 2.74. The van der Waals surface area contributed by atoms with Crippen LogP contribution in [0.1, 0.15) is 52.4 Å². The van der Waals surface area contributed by atoms with Crippen molar-refractivity contribution in [3.8, 4) is 0 Å². The molecule has 0 aromatic carbocycles. The zero-order valence-corrected chi connectivity index (χ0v) is 11.8. The van der Waals surface area contributed by atoms with Gasteiger partial charge in [0.05, 0.1) is 6.61 Å². The monoisotopic (exact) mass is 253 g/mol. The van der Waals surface area contributed by atoms with E-state index in [1.54, 1.807) is 0 Å². The standard InChI is InChI=1S/C15H27NO2/c1-3-5-14(15(17)18-4-2)16-10-13-9-11-6-7-12(13)8-11/h11-14,16H,3-10H2,1-2H3. The van der Waals surface area contributed by atoms with Crippen LogP contribution in [0.5, 0.6) is 0 Å². The van der Waals surface area contributed by atoms with Gasteiger partial charge in [0.25, 0.3) is 0 Å². The Bertz CT molecular complexity index is 280. The third kappa shape index (κ3) is 3.25. The fraction of sp³-hybridized carbons (Fsp3) is 0.933. The second-order valence-corrected chi connectivity index (χ2v) is 5.94. The molecule has 18 heavy (non-hydrogen) atoms. The summed E-state index contributed by atoms with van der Waals surface area (Å²) in [6, 6.07) is -0.0888. The number of carbonyl (C=O) groups excluding carboxylic acids is 1.